The number of likely N-dealkylation sites (tertiary alicyclic amines) is 1. The third kappa shape index (κ3) is 11.7. The molecule has 2 fully saturated rings. The van der Waals surface area contributed by atoms with Crippen LogP contribution < -0.4 is 26.2 Å². The molecule has 0 unspecified atom stereocenters. The summed E-state index contributed by atoms with van der Waals surface area (Å²) in [4.78, 5) is 65.2. The molecule has 0 bridgehead atoms. The monoisotopic (exact) mass is 810 g/mol. The normalized spacial score (nSPS) is 18.5. The zero-order valence-corrected chi connectivity index (χ0v) is 35.1. The minimum absolute atomic E-state index is 0. The van der Waals surface area contributed by atoms with Crippen molar-refractivity contribution in [1.82, 2.24) is 36.1 Å². The van der Waals surface area contributed by atoms with Crippen LogP contribution in [0.5, 0.6) is 0 Å². The second-order valence-electron chi connectivity index (χ2n) is 15.7. The van der Waals surface area contributed by atoms with Crippen LogP contribution in [0.15, 0.2) is 54.0 Å². The van der Waals surface area contributed by atoms with Gasteiger partial charge in [-0.15, -0.1) is 23.7 Å². The number of nitrogens with one attached hydrogen (secondary N) is 4. The van der Waals surface area contributed by atoms with Crippen LogP contribution >= 0.6 is 23.7 Å². The number of thiazole rings is 1. The van der Waals surface area contributed by atoms with Crippen LogP contribution in [0.4, 0.5) is 5.69 Å². The van der Waals surface area contributed by atoms with Gasteiger partial charge in [-0.05, 0) is 68.1 Å². The van der Waals surface area contributed by atoms with Crippen LogP contribution in [-0.2, 0) is 14.4 Å². The number of aryl methyl sites for hydroxylation is 1. The first-order valence-corrected chi connectivity index (χ1v) is 20.2. The van der Waals surface area contributed by atoms with Gasteiger partial charge < -0.3 is 36.2 Å². The molecule has 0 saturated carbocycles. The fraction of sp³-hybridized carbons (Fsp3) is 0.537. The molecule has 13 nitrogen and oxygen atoms in total. The number of carbonyl (C=O) groups excluding carboxylic acids is 4. The second-order valence-corrected chi connectivity index (χ2v) is 16.6. The number of anilines is 1. The van der Waals surface area contributed by atoms with Gasteiger partial charge in [0.25, 0.3) is 5.91 Å². The van der Waals surface area contributed by atoms with E-state index in [2.05, 4.69) is 36.1 Å². The molecule has 1 aromatic heterocycles. The maximum Gasteiger partial charge on any atom is 0.251 e. The van der Waals surface area contributed by atoms with Gasteiger partial charge in [0.15, 0.2) is 0 Å². The van der Waals surface area contributed by atoms with E-state index in [4.69, 9.17) is 0 Å². The molecule has 15 heteroatoms. The molecule has 4 amide bonds. The lowest BCUT2D eigenvalue weighted by Crippen LogP contribution is -2.57. The lowest BCUT2D eigenvalue weighted by atomic mass is 9.85. The number of hydrogen-bond acceptors (Lipinski definition) is 10. The number of aromatic nitrogens is 1. The Hall–Kier alpha value is -4.08. The molecule has 2 aliphatic rings. The summed E-state index contributed by atoms with van der Waals surface area (Å²) in [6.07, 6.45) is -0.272. The summed E-state index contributed by atoms with van der Waals surface area (Å²) in [5.74, 6) is -1.31. The number of halogens is 1. The van der Waals surface area contributed by atoms with Crippen LogP contribution in [0.25, 0.3) is 10.4 Å². The smallest absolute Gasteiger partial charge is 0.251 e. The summed E-state index contributed by atoms with van der Waals surface area (Å²) in [5.41, 5.74) is 5.73. The van der Waals surface area contributed by atoms with E-state index in [9.17, 15) is 24.3 Å². The average molecular weight is 811 g/mol. The van der Waals surface area contributed by atoms with E-state index in [-0.39, 0.29) is 55.6 Å². The highest BCUT2D eigenvalue weighted by molar-refractivity contribution is 7.13. The highest BCUT2D eigenvalue weighted by Crippen LogP contribution is 2.30. The molecule has 3 aromatic rings. The molecule has 2 aliphatic heterocycles. The first-order valence-electron chi connectivity index (χ1n) is 19.3. The molecule has 56 heavy (non-hydrogen) atoms. The van der Waals surface area contributed by atoms with E-state index in [1.165, 1.54) is 4.90 Å². The van der Waals surface area contributed by atoms with E-state index >= 15 is 0 Å². The van der Waals surface area contributed by atoms with E-state index in [1.807, 2.05) is 95.7 Å². The zero-order valence-electron chi connectivity index (χ0n) is 33.5. The molecule has 306 valence electrons. The highest BCUT2D eigenvalue weighted by Gasteiger charge is 2.44. The van der Waals surface area contributed by atoms with Crippen LogP contribution in [-0.4, -0.2) is 121 Å². The van der Waals surface area contributed by atoms with Crippen molar-refractivity contribution in [1.29, 1.82) is 0 Å². The molecular formula is C41H59ClN8O5S. The number of nitrogens with zero attached hydrogens (tertiary/aromatic N) is 4. The summed E-state index contributed by atoms with van der Waals surface area (Å²) in [5, 5.41) is 22.6. The molecule has 5 rings (SSSR count). The van der Waals surface area contributed by atoms with Crippen molar-refractivity contribution in [2.75, 3.05) is 64.3 Å². The molecule has 4 atom stereocenters. The predicted molar refractivity (Wildman–Crippen MR) is 224 cm³/mol. The fourth-order valence-electron chi connectivity index (χ4n) is 7.12. The third-order valence-electron chi connectivity index (χ3n) is 10.5. The van der Waals surface area contributed by atoms with Gasteiger partial charge in [0.05, 0.1) is 28.2 Å². The standard InChI is InChI=1S/C41H58N8O5S.ClH/c1-27(29-9-11-30(12-10-29)36-28(2)44-26-55-36)45-39(53)34-24-33(50)25-49(34)40(54)37(41(3,4)5)46-35(51)8-7-17-43-38(52)31-13-15-32(16-14-31)48-22-20-47(21-23-48)19-18-42-6;/h9-16,26-27,33-34,37,42,50H,7-8,17-25H2,1-6H3,(H,43,52)(H,45,53)(H,46,51);1H/t27-,33+,34-,37+;/m0./s1. The van der Waals surface area contributed by atoms with Crippen molar-refractivity contribution in [2.45, 2.75) is 78.1 Å². The largest absolute Gasteiger partial charge is 0.391 e. The van der Waals surface area contributed by atoms with E-state index in [0.717, 1.165) is 66.7 Å². The van der Waals surface area contributed by atoms with Crippen molar-refractivity contribution in [3.63, 3.8) is 0 Å². The van der Waals surface area contributed by atoms with Gasteiger partial charge in [0.1, 0.15) is 12.1 Å². The van der Waals surface area contributed by atoms with Gasteiger partial charge in [0.2, 0.25) is 17.7 Å². The topological polar surface area (TPSA) is 159 Å². The third-order valence-corrected chi connectivity index (χ3v) is 11.4. The van der Waals surface area contributed by atoms with Crippen molar-refractivity contribution < 1.29 is 24.3 Å². The minimum Gasteiger partial charge on any atom is -0.391 e. The Bertz CT molecular complexity index is 1760. The van der Waals surface area contributed by atoms with Crippen molar-refractivity contribution >= 4 is 53.1 Å². The summed E-state index contributed by atoms with van der Waals surface area (Å²) in [6.45, 7) is 15.6. The number of rotatable bonds is 15. The number of aliphatic hydroxyl groups is 1. The molecular weight excluding hydrogens is 752 g/mol. The Morgan fingerprint density at radius 3 is 2.25 bits per heavy atom. The van der Waals surface area contributed by atoms with Gasteiger partial charge in [-0.25, -0.2) is 4.98 Å². The number of benzene rings is 2. The number of piperazine rings is 1. The van der Waals surface area contributed by atoms with Crippen molar-refractivity contribution in [3.8, 4) is 10.4 Å². The number of β-amino-alcohol motifs (C(OH)–C–C–N with tert-alkyl or cyclic N) is 1. The van der Waals surface area contributed by atoms with Crippen LogP contribution in [0, 0.1) is 12.3 Å². The van der Waals surface area contributed by atoms with Gasteiger partial charge in [-0.3, -0.25) is 24.1 Å². The summed E-state index contributed by atoms with van der Waals surface area (Å²) < 4.78 is 0. The summed E-state index contributed by atoms with van der Waals surface area (Å²) >= 11 is 1.58. The van der Waals surface area contributed by atoms with Crippen LogP contribution in [0.3, 0.4) is 0 Å². The Balaban J connectivity index is 0.00000696. The Morgan fingerprint density at radius 1 is 0.964 bits per heavy atom. The SMILES string of the molecule is CNCCN1CCN(c2ccc(C(=O)NCCCC(=O)N[C@H](C(=O)N3C[C@H](O)C[C@H]3C(=O)N[C@@H](C)c3ccc(-c4scnc4C)cc3)C(C)(C)C)cc2)CC1.Cl. The predicted octanol–water partition coefficient (Wildman–Crippen LogP) is 3.76. The quantitative estimate of drug-likeness (QED) is 0.144. The molecule has 0 radical (unpaired) electrons. The number of amides is 4. The van der Waals surface area contributed by atoms with Crippen molar-refractivity contribution in [2.24, 2.45) is 5.41 Å². The molecule has 2 aromatic carbocycles. The summed E-state index contributed by atoms with van der Waals surface area (Å²) in [7, 11) is 1.97. The second kappa shape index (κ2) is 20.4. The van der Waals surface area contributed by atoms with E-state index in [1.54, 1.807) is 11.3 Å². The van der Waals surface area contributed by atoms with Gasteiger partial charge in [-0.1, -0.05) is 45.0 Å². The number of carbonyl (C=O) groups is 4. The zero-order chi connectivity index (χ0) is 39.7. The molecule has 5 N–H and O–H groups in total. The first kappa shape index (κ1) is 44.6. The maximum atomic E-state index is 14.0. The highest BCUT2D eigenvalue weighted by atomic mass is 35.5. The Labute approximate surface area is 341 Å². The molecule has 2 saturated heterocycles. The average Bonchev–Trinajstić information content (AvgIpc) is 3.79. The number of aliphatic hydroxyl groups excluding tert-OH is 1. The number of hydrogen-bond donors (Lipinski definition) is 5. The maximum absolute atomic E-state index is 14.0. The van der Waals surface area contributed by atoms with Crippen LogP contribution in [0.1, 0.15) is 74.6 Å². The lowest BCUT2D eigenvalue weighted by Gasteiger charge is -2.36. The summed E-state index contributed by atoms with van der Waals surface area (Å²) in [6, 6.07) is 13.4. The van der Waals surface area contributed by atoms with Gasteiger partial charge in [0, 0.05) is 76.5 Å². The first-order chi connectivity index (χ1) is 26.2. The lowest BCUT2D eigenvalue weighted by molar-refractivity contribution is -0.144. The molecule has 0 aliphatic carbocycles. The molecule has 0 spiro atoms. The molecule has 3 heterocycles. The Morgan fingerprint density at radius 2 is 1.64 bits per heavy atom. The van der Waals surface area contributed by atoms with E-state index < -0.39 is 29.5 Å². The van der Waals surface area contributed by atoms with Gasteiger partial charge >= 0.3 is 0 Å². The fourth-order valence-corrected chi connectivity index (χ4v) is 7.94. The van der Waals surface area contributed by atoms with Crippen LogP contribution in [0.2, 0.25) is 0 Å². The van der Waals surface area contributed by atoms with Gasteiger partial charge in [-0.2, -0.15) is 0 Å². The number of likely N-dealkylation sites (N-methyl/N-ethyl adjacent to an activating group) is 1. The minimum atomic E-state index is -0.926. The van der Waals surface area contributed by atoms with Crippen molar-refractivity contribution in [3.05, 3.63) is 70.9 Å². The Kier molecular flexibility index (Phi) is 16.2. The van der Waals surface area contributed by atoms with E-state index in [0.29, 0.717) is 18.5 Å².